The van der Waals surface area contributed by atoms with Gasteiger partial charge in [-0.25, -0.2) is 17.2 Å². The normalized spacial score (nSPS) is 13.8. The van der Waals surface area contributed by atoms with Crippen LogP contribution in [0.25, 0.3) is 0 Å². The molecule has 2 aromatic rings. The van der Waals surface area contributed by atoms with Gasteiger partial charge in [0.1, 0.15) is 0 Å². The maximum atomic E-state index is 13.6. The number of fused-ring (bicyclic) bond motifs is 1. The highest BCUT2D eigenvalue weighted by Crippen LogP contribution is 2.27. The smallest absolute Gasteiger partial charge is 0.228 e. The molecule has 4 nitrogen and oxygen atoms in total. The molecule has 1 N–H and O–H groups in total. The summed E-state index contributed by atoms with van der Waals surface area (Å²) in [6, 6.07) is 7.65. The number of nitrogens with one attached hydrogen (secondary N) is 1. The van der Waals surface area contributed by atoms with Gasteiger partial charge >= 0.3 is 0 Å². The van der Waals surface area contributed by atoms with Crippen LogP contribution in [0.4, 0.5) is 14.5 Å². The Kier molecular flexibility index (Phi) is 3.44. The van der Waals surface area contributed by atoms with Crippen molar-refractivity contribution in [3.8, 4) is 0 Å². The van der Waals surface area contributed by atoms with Gasteiger partial charge < -0.3 is 5.32 Å². The first-order chi connectivity index (χ1) is 10.4. The zero-order valence-electron chi connectivity index (χ0n) is 11.3. The van der Waals surface area contributed by atoms with E-state index < -0.39 is 27.2 Å². The number of sulfone groups is 1. The van der Waals surface area contributed by atoms with E-state index in [9.17, 15) is 22.0 Å². The molecule has 0 fully saturated rings. The van der Waals surface area contributed by atoms with Crippen molar-refractivity contribution >= 4 is 21.4 Å². The Morgan fingerprint density at radius 1 is 1.14 bits per heavy atom. The molecule has 0 spiro atoms. The molecule has 0 radical (unpaired) electrons. The maximum Gasteiger partial charge on any atom is 0.228 e. The number of carbonyl (C=O) groups is 1. The third kappa shape index (κ3) is 2.59. The van der Waals surface area contributed by atoms with Crippen molar-refractivity contribution in [3.05, 3.63) is 59.2 Å². The molecule has 0 bridgehead atoms. The van der Waals surface area contributed by atoms with Crippen molar-refractivity contribution in [2.24, 2.45) is 0 Å². The number of rotatable bonds is 3. The number of hydrogen-bond donors (Lipinski definition) is 1. The van der Waals surface area contributed by atoms with Gasteiger partial charge in [0.05, 0.1) is 17.1 Å². The minimum Gasteiger partial charge on any atom is -0.326 e. The summed E-state index contributed by atoms with van der Waals surface area (Å²) in [5.74, 6) is -3.10. The van der Waals surface area contributed by atoms with Crippen molar-refractivity contribution in [1.82, 2.24) is 0 Å². The second-order valence-corrected chi connectivity index (χ2v) is 7.01. The van der Waals surface area contributed by atoms with Gasteiger partial charge in [0, 0.05) is 11.3 Å². The van der Waals surface area contributed by atoms with Crippen LogP contribution in [0.15, 0.2) is 41.3 Å². The number of carbonyl (C=O) groups excluding carboxylic acids is 1. The summed E-state index contributed by atoms with van der Waals surface area (Å²) in [4.78, 5) is 11.3. The Labute approximate surface area is 125 Å². The highest BCUT2D eigenvalue weighted by molar-refractivity contribution is 7.90. The van der Waals surface area contributed by atoms with E-state index in [1.54, 1.807) is 0 Å². The van der Waals surface area contributed by atoms with Crippen LogP contribution in [0.1, 0.15) is 11.1 Å². The van der Waals surface area contributed by atoms with Gasteiger partial charge in [-0.1, -0.05) is 12.1 Å². The molecule has 1 aliphatic rings. The molecule has 7 heteroatoms. The Morgan fingerprint density at radius 3 is 2.68 bits per heavy atom. The lowest BCUT2D eigenvalue weighted by Gasteiger charge is -2.08. The zero-order valence-corrected chi connectivity index (χ0v) is 12.1. The first-order valence-electron chi connectivity index (χ1n) is 6.45. The number of benzene rings is 2. The quantitative estimate of drug-likeness (QED) is 0.943. The molecule has 0 unspecified atom stereocenters. The summed E-state index contributed by atoms with van der Waals surface area (Å²) >= 11 is 0. The lowest BCUT2D eigenvalue weighted by molar-refractivity contribution is -0.115. The van der Waals surface area contributed by atoms with Crippen molar-refractivity contribution in [2.45, 2.75) is 17.1 Å². The molecule has 1 aliphatic heterocycles. The lowest BCUT2D eigenvalue weighted by atomic mass is 10.2. The predicted molar refractivity (Wildman–Crippen MR) is 76.0 cm³/mol. The Morgan fingerprint density at radius 2 is 1.91 bits per heavy atom. The third-order valence-electron chi connectivity index (χ3n) is 3.44. The summed E-state index contributed by atoms with van der Waals surface area (Å²) < 4.78 is 51.5. The summed E-state index contributed by atoms with van der Waals surface area (Å²) in [6.07, 6.45) is 0.104. The van der Waals surface area contributed by atoms with E-state index in [0.717, 1.165) is 6.07 Å². The van der Waals surface area contributed by atoms with E-state index in [-0.39, 0.29) is 22.8 Å². The van der Waals surface area contributed by atoms with Crippen molar-refractivity contribution in [1.29, 1.82) is 0 Å². The topological polar surface area (TPSA) is 63.2 Å². The SMILES string of the molecule is O=C1Cc2cc(S(=O)(=O)Cc3cccc(F)c3F)ccc2N1. The van der Waals surface area contributed by atoms with Crippen molar-refractivity contribution in [2.75, 3.05) is 5.32 Å². The highest BCUT2D eigenvalue weighted by atomic mass is 32.2. The fourth-order valence-corrected chi connectivity index (χ4v) is 3.74. The monoisotopic (exact) mass is 323 g/mol. The van der Waals surface area contributed by atoms with Crippen LogP contribution in [-0.2, 0) is 26.8 Å². The number of hydrogen-bond acceptors (Lipinski definition) is 3. The van der Waals surface area contributed by atoms with Gasteiger partial charge in [0.2, 0.25) is 5.91 Å². The molecule has 1 amide bonds. The van der Waals surface area contributed by atoms with E-state index in [1.807, 2.05) is 0 Å². The second kappa shape index (κ2) is 5.17. The highest BCUT2D eigenvalue weighted by Gasteiger charge is 2.23. The van der Waals surface area contributed by atoms with Crippen molar-refractivity contribution < 1.29 is 22.0 Å². The molecule has 114 valence electrons. The average molecular weight is 323 g/mol. The number of amides is 1. The standard InChI is InChI=1S/C15H11F2NO3S/c16-12-3-1-2-9(15(12)17)8-22(20,21)11-4-5-13-10(6-11)7-14(19)18-13/h1-6H,7-8H2,(H,18,19). The molecule has 0 saturated carbocycles. The first kappa shape index (κ1) is 14.6. The van der Waals surface area contributed by atoms with Gasteiger partial charge in [-0.2, -0.15) is 0 Å². The molecule has 0 aromatic heterocycles. The first-order valence-corrected chi connectivity index (χ1v) is 8.10. The van der Waals surface area contributed by atoms with E-state index in [4.69, 9.17) is 0 Å². The van der Waals surface area contributed by atoms with Gasteiger partial charge in [-0.05, 0) is 29.8 Å². The molecular formula is C15H11F2NO3S. The van der Waals surface area contributed by atoms with Gasteiger partial charge in [-0.15, -0.1) is 0 Å². The third-order valence-corrected chi connectivity index (χ3v) is 5.10. The Bertz CT molecular complexity index is 878. The van der Waals surface area contributed by atoms with E-state index in [2.05, 4.69) is 5.32 Å². The fraction of sp³-hybridized carbons (Fsp3) is 0.133. The molecule has 0 saturated heterocycles. The average Bonchev–Trinajstić information content (AvgIpc) is 2.82. The second-order valence-electron chi connectivity index (χ2n) is 5.02. The van der Waals surface area contributed by atoms with E-state index >= 15 is 0 Å². The summed E-state index contributed by atoms with van der Waals surface area (Å²) in [7, 11) is -3.84. The van der Waals surface area contributed by atoms with E-state index in [0.29, 0.717) is 11.3 Å². The summed E-state index contributed by atoms with van der Waals surface area (Å²) in [5, 5.41) is 2.60. The Balaban J connectivity index is 1.96. The number of halogens is 2. The molecule has 1 heterocycles. The van der Waals surface area contributed by atoms with E-state index in [1.165, 1.54) is 30.3 Å². The van der Waals surface area contributed by atoms with Gasteiger partial charge in [0.25, 0.3) is 0 Å². The van der Waals surface area contributed by atoms with Gasteiger partial charge in [0.15, 0.2) is 21.5 Å². The maximum absolute atomic E-state index is 13.6. The summed E-state index contributed by atoms with van der Waals surface area (Å²) in [5.41, 5.74) is 0.918. The van der Waals surface area contributed by atoms with Crippen LogP contribution >= 0.6 is 0 Å². The molecule has 0 atom stereocenters. The molecule has 3 rings (SSSR count). The van der Waals surface area contributed by atoms with Gasteiger partial charge in [-0.3, -0.25) is 4.79 Å². The fourth-order valence-electron chi connectivity index (χ4n) is 2.35. The molecule has 2 aromatic carbocycles. The van der Waals surface area contributed by atoms with Crippen LogP contribution in [0.3, 0.4) is 0 Å². The minimum atomic E-state index is -3.84. The molecular weight excluding hydrogens is 312 g/mol. The van der Waals surface area contributed by atoms with Crippen LogP contribution in [0.5, 0.6) is 0 Å². The molecule has 0 aliphatic carbocycles. The van der Waals surface area contributed by atoms with Crippen LogP contribution in [0, 0.1) is 11.6 Å². The Hall–Kier alpha value is -2.28. The van der Waals surface area contributed by atoms with Crippen LogP contribution in [0.2, 0.25) is 0 Å². The minimum absolute atomic E-state index is 0.0218. The zero-order chi connectivity index (χ0) is 15.9. The largest absolute Gasteiger partial charge is 0.326 e. The summed E-state index contributed by atoms with van der Waals surface area (Å²) in [6.45, 7) is 0. The van der Waals surface area contributed by atoms with Crippen LogP contribution in [-0.4, -0.2) is 14.3 Å². The molecule has 22 heavy (non-hydrogen) atoms. The lowest BCUT2D eigenvalue weighted by Crippen LogP contribution is -2.07. The number of anilines is 1. The predicted octanol–water partition coefficient (Wildman–Crippen LogP) is 2.43. The van der Waals surface area contributed by atoms with Crippen molar-refractivity contribution in [3.63, 3.8) is 0 Å². The van der Waals surface area contributed by atoms with Crippen LogP contribution < -0.4 is 5.32 Å².